The van der Waals surface area contributed by atoms with Gasteiger partial charge in [0.1, 0.15) is 11.6 Å². The molecule has 2 aromatic heterocycles. The topological polar surface area (TPSA) is 103 Å². The van der Waals surface area contributed by atoms with Crippen molar-refractivity contribution in [2.45, 2.75) is 32.6 Å². The smallest absolute Gasteiger partial charge is 0.228 e. The van der Waals surface area contributed by atoms with Crippen LogP contribution >= 0.6 is 0 Å². The standard InChI is InChI=1S/C27H24FN5O2/c1-15-5-6-16-17(7-8-20(28)22(16)33-24(34)19-14-27(19)10-3-11-27)23(15)35-25-18(4-2-12-30-25)21-9-13-31-26(29)32-21/h2,4-9,12-13,19H,3,10-11,14H2,1H3,(H,33,34)(H2,29,31,32)/t19-/m1/s1. The number of rotatable bonds is 5. The van der Waals surface area contributed by atoms with Gasteiger partial charge in [0.05, 0.1) is 16.9 Å². The fourth-order valence-electron chi connectivity index (χ4n) is 5.12. The van der Waals surface area contributed by atoms with Gasteiger partial charge in [0, 0.05) is 29.1 Å². The first-order valence-corrected chi connectivity index (χ1v) is 11.7. The second-order valence-corrected chi connectivity index (χ2v) is 9.45. The van der Waals surface area contributed by atoms with Crippen molar-refractivity contribution in [1.82, 2.24) is 15.0 Å². The summed E-state index contributed by atoms with van der Waals surface area (Å²) >= 11 is 0. The Labute approximate surface area is 201 Å². The maximum atomic E-state index is 14.9. The number of hydrogen-bond donors (Lipinski definition) is 2. The van der Waals surface area contributed by atoms with Crippen molar-refractivity contribution < 1.29 is 13.9 Å². The van der Waals surface area contributed by atoms with Crippen LogP contribution in [0.2, 0.25) is 0 Å². The molecular formula is C27H24FN5O2. The van der Waals surface area contributed by atoms with Gasteiger partial charge >= 0.3 is 0 Å². The first-order valence-electron chi connectivity index (χ1n) is 11.7. The molecule has 6 rings (SSSR count). The summed E-state index contributed by atoms with van der Waals surface area (Å²) in [6.07, 6.45) is 7.44. The van der Waals surface area contributed by atoms with E-state index in [0.717, 1.165) is 24.8 Å². The van der Waals surface area contributed by atoms with E-state index in [4.69, 9.17) is 10.5 Å². The van der Waals surface area contributed by atoms with E-state index < -0.39 is 5.82 Å². The zero-order valence-electron chi connectivity index (χ0n) is 19.2. The van der Waals surface area contributed by atoms with Gasteiger partial charge in [-0.2, -0.15) is 0 Å². The second kappa shape index (κ2) is 8.01. The molecule has 2 saturated carbocycles. The number of anilines is 2. The third-order valence-corrected chi connectivity index (χ3v) is 7.32. The number of aryl methyl sites for hydroxylation is 1. The van der Waals surface area contributed by atoms with Crippen LogP contribution in [0.5, 0.6) is 11.6 Å². The maximum absolute atomic E-state index is 14.9. The Hall–Kier alpha value is -4.07. The Kier molecular flexibility index (Phi) is 4.91. The van der Waals surface area contributed by atoms with Crippen molar-refractivity contribution in [2.24, 2.45) is 11.3 Å². The predicted molar refractivity (Wildman–Crippen MR) is 131 cm³/mol. The number of nitrogens with zero attached hydrogens (tertiary/aromatic N) is 3. The molecule has 0 aliphatic heterocycles. The average molecular weight is 470 g/mol. The number of nitrogen functional groups attached to an aromatic ring is 1. The number of nitrogens with one attached hydrogen (secondary N) is 1. The van der Waals surface area contributed by atoms with Crippen molar-refractivity contribution in [2.75, 3.05) is 11.1 Å². The molecule has 4 aromatic rings. The SMILES string of the molecule is Cc1ccc2c(NC(=O)[C@H]3CC34CCC4)c(F)ccc2c1Oc1ncccc1-c1ccnc(N)n1. The molecule has 1 amide bonds. The van der Waals surface area contributed by atoms with Crippen LogP contribution in [0, 0.1) is 24.1 Å². The first-order chi connectivity index (χ1) is 16.9. The molecule has 0 unspecified atom stereocenters. The highest BCUT2D eigenvalue weighted by molar-refractivity contribution is 6.06. The minimum Gasteiger partial charge on any atom is -0.437 e. The van der Waals surface area contributed by atoms with Gasteiger partial charge in [0.15, 0.2) is 0 Å². The molecule has 0 bridgehead atoms. The van der Waals surface area contributed by atoms with E-state index >= 15 is 0 Å². The molecule has 8 heteroatoms. The fourth-order valence-corrected chi connectivity index (χ4v) is 5.12. The first kappa shape index (κ1) is 21.5. The molecule has 2 aliphatic carbocycles. The normalized spacial score (nSPS) is 17.7. The molecule has 1 atom stereocenters. The van der Waals surface area contributed by atoms with Crippen molar-refractivity contribution in [3.05, 3.63) is 66.2 Å². The number of ether oxygens (including phenoxy) is 1. The van der Waals surface area contributed by atoms with Crippen LogP contribution < -0.4 is 15.8 Å². The lowest BCUT2D eigenvalue weighted by Crippen LogP contribution is -2.23. The molecular weight excluding hydrogens is 445 g/mol. The minimum absolute atomic E-state index is 0.0246. The Morgan fingerprint density at radius 1 is 1.11 bits per heavy atom. The van der Waals surface area contributed by atoms with E-state index in [9.17, 15) is 9.18 Å². The maximum Gasteiger partial charge on any atom is 0.228 e. The van der Waals surface area contributed by atoms with Crippen LogP contribution in [-0.2, 0) is 4.79 Å². The molecule has 1 spiro atoms. The van der Waals surface area contributed by atoms with Gasteiger partial charge < -0.3 is 15.8 Å². The van der Waals surface area contributed by atoms with E-state index in [1.54, 1.807) is 30.6 Å². The largest absolute Gasteiger partial charge is 0.437 e. The molecule has 7 nitrogen and oxygen atoms in total. The summed E-state index contributed by atoms with van der Waals surface area (Å²) in [5.74, 6) is 0.409. The zero-order valence-corrected chi connectivity index (χ0v) is 19.2. The minimum atomic E-state index is -0.473. The number of fused-ring (bicyclic) bond motifs is 1. The van der Waals surface area contributed by atoms with E-state index in [1.165, 1.54) is 12.5 Å². The number of nitrogens with two attached hydrogens (primary N) is 1. The summed E-state index contributed by atoms with van der Waals surface area (Å²) in [6, 6.07) is 12.0. The van der Waals surface area contributed by atoms with Gasteiger partial charge in [-0.1, -0.05) is 18.6 Å². The Bertz CT molecular complexity index is 1480. The molecule has 35 heavy (non-hydrogen) atoms. The third-order valence-electron chi connectivity index (χ3n) is 7.32. The van der Waals surface area contributed by atoms with E-state index in [1.807, 2.05) is 25.1 Å². The average Bonchev–Trinajstić information content (AvgIpc) is 3.60. The number of benzene rings is 2. The van der Waals surface area contributed by atoms with Crippen LogP contribution in [0.25, 0.3) is 22.0 Å². The molecule has 2 fully saturated rings. The molecule has 176 valence electrons. The zero-order chi connectivity index (χ0) is 24.2. The van der Waals surface area contributed by atoms with Gasteiger partial charge in [0.2, 0.25) is 17.7 Å². The lowest BCUT2D eigenvalue weighted by atomic mass is 9.79. The molecule has 3 N–H and O–H groups in total. The molecule has 2 aromatic carbocycles. The number of halogens is 1. The Morgan fingerprint density at radius 3 is 2.69 bits per heavy atom. The predicted octanol–water partition coefficient (Wildman–Crippen LogP) is 5.64. The number of aromatic nitrogens is 3. The monoisotopic (exact) mass is 469 g/mol. The molecule has 2 aliphatic rings. The third kappa shape index (κ3) is 3.65. The van der Waals surface area contributed by atoms with Crippen LogP contribution in [0.4, 0.5) is 16.0 Å². The highest BCUT2D eigenvalue weighted by atomic mass is 19.1. The molecule has 0 saturated heterocycles. The number of carbonyl (C=O) groups excluding carboxylic acids is 1. The number of hydrogen-bond acceptors (Lipinski definition) is 6. The van der Waals surface area contributed by atoms with E-state index in [0.29, 0.717) is 33.7 Å². The van der Waals surface area contributed by atoms with Gasteiger partial charge in [0.25, 0.3) is 0 Å². The van der Waals surface area contributed by atoms with Crippen molar-refractivity contribution in [3.63, 3.8) is 0 Å². The number of carbonyl (C=O) groups is 1. The second-order valence-electron chi connectivity index (χ2n) is 9.45. The summed E-state index contributed by atoms with van der Waals surface area (Å²) in [4.78, 5) is 25.6. The summed E-state index contributed by atoms with van der Waals surface area (Å²) in [7, 11) is 0. The number of amides is 1. The van der Waals surface area contributed by atoms with Crippen molar-refractivity contribution >= 4 is 28.3 Å². The lowest BCUT2D eigenvalue weighted by molar-refractivity contribution is -0.118. The van der Waals surface area contributed by atoms with Crippen LogP contribution in [0.3, 0.4) is 0 Å². The quantitative estimate of drug-likeness (QED) is 0.392. The van der Waals surface area contributed by atoms with Gasteiger partial charge in [-0.05, 0) is 67.5 Å². The summed E-state index contributed by atoms with van der Waals surface area (Å²) in [6.45, 7) is 1.91. The van der Waals surface area contributed by atoms with Gasteiger partial charge in [-0.25, -0.2) is 19.3 Å². The Morgan fingerprint density at radius 2 is 1.94 bits per heavy atom. The van der Waals surface area contributed by atoms with Crippen LogP contribution in [0.1, 0.15) is 31.2 Å². The summed E-state index contributed by atoms with van der Waals surface area (Å²) < 4.78 is 21.3. The lowest BCUT2D eigenvalue weighted by Gasteiger charge is -2.26. The van der Waals surface area contributed by atoms with Crippen LogP contribution in [-0.4, -0.2) is 20.9 Å². The van der Waals surface area contributed by atoms with Gasteiger partial charge in [-0.3, -0.25) is 4.79 Å². The highest BCUT2D eigenvalue weighted by Gasteiger charge is 2.60. The fraction of sp³-hybridized carbons (Fsp3) is 0.259. The van der Waals surface area contributed by atoms with Crippen LogP contribution in [0.15, 0.2) is 54.9 Å². The Balaban J connectivity index is 1.38. The highest BCUT2D eigenvalue weighted by Crippen LogP contribution is 2.65. The number of pyridine rings is 1. The van der Waals surface area contributed by atoms with Crippen molar-refractivity contribution in [1.29, 1.82) is 0 Å². The van der Waals surface area contributed by atoms with E-state index in [-0.39, 0.29) is 28.9 Å². The summed E-state index contributed by atoms with van der Waals surface area (Å²) in [5, 5.41) is 4.13. The van der Waals surface area contributed by atoms with E-state index in [2.05, 4.69) is 20.3 Å². The molecule has 2 heterocycles. The van der Waals surface area contributed by atoms with Gasteiger partial charge in [-0.15, -0.1) is 0 Å². The molecule has 0 radical (unpaired) electrons. The van der Waals surface area contributed by atoms with Crippen molar-refractivity contribution in [3.8, 4) is 22.9 Å². The summed E-state index contributed by atoms with van der Waals surface area (Å²) in [5.41, 5.74) is 8.18.